The van der Waals surface area contributed by atoms with E-state index in [-0.39, 0.29) is 0 Å². The Bertz CT molecular complexity index is 339. The Morgan fingerprint density at radius 1 is 1.40 bits per heavy atom. The number of halogens is 1. The minimum atomic E-state index is 0.434. The quantitative estimate of drug-likeness (QED) is 0.786. The zero-order valence-electron chi connectivity index (χ0n) is 8.66. The average Bonchev–Trinajstić information content (AvgIpc) is 2.26. The van der Waals surface area contributed by atoms with Crippen molar-refractivity contribution in [3.05, 3.63) is 17.0 Å². The average molecular weight is 228 g/mol. The van der Waals surface area contributed by atoms with Crippen LogP contribution in [0.2, 0.25) is 5.15 Å². The molecule has 15 heavy (non-hydrogen) atoms. The molecule has 1 saturated heterocycles. The van der Waals surface area contributed by atoms with E-state index in [2.05, 4.69) is 15.3 Å². The fraction of sp³-hybridized carbons (Fsp3) is 0.600. The molecular formula is C10H14ClN3O. The van der Waals surface area contributed by atoms with Crippen LogP contribution >= 0.6 is 11.6 Å². The molecule has 0 saturated carbocycles. The van der Waals surface area contributed by atoms with Gasteiger partial charge in [-0.05, 0) is 19.8 Å². The van der Waals surface area contributed by atoms with Crippen molar-refractivity contribution in [1.29, 1.82) is 0 Å². The normalized spacial score (nSPS) is 17.7. The second kappa shape index (κ2) is 4.77. The molecule has 0 amide bonds. The summed E-state index contributed by atoms with van der Waals surface area (Å²) in [6.07, 6.45) is 3.51. The number of rotatable bonds is 2. The maximum absolute atomic E-state index is 5.92. The van der Waals surface area contributed by atoms with Crippen LogP contribution in [0, 0.1) is 6.92 Å². The molecule has 4 nitrogen and oxygen atoms in total. The first-order valence-electron chi connectivity index (χ1n) is 5.09. The van der Waals surface area contributed by atoms with Crippen LogP contribution in [0.4, 0.5) is 5.82 Å². The molecule has 1 N–H and O–H groups in total. The van der Waals surface area contributed by atoms with Gasteiger partial charge in [0, 0.05) is 24.8 Å². The van der Waals surface area contributed by atoms with Crippen LogP contribution < -0.4 is 5.32 Å². The Labute approximate surface area is 94.0 Å². The van der Waals surface area contributed by atoms with Gasteiger partial charge in [-0.2, -0.15) is 0 Å². The van der Waals surface area contributed by atoms with Gasteiger partial charge in [0.15, 0.2) is 0 Å². The Kier molecular flexibility index (Phi) is 3.38. The van der Waals surface area contributed by atoms with Crippen LogP contribution in [0.15, 0.2) is 6.33 Å². The van der Waals surface area contributed by atoms with E-state index in [1.54, 1.807) is 0 Å². The number of nitrogens with zero attached hydrogens (tertiary/aromatic N) is 2. The SMILES string of the molecule is Cc1c(Cl)ncnc1NC1CCOCC1. The molecule has 1 aliphatic rings. The highest BCUT2D eigenvalue weighted by Gasteiger charge is 2.15. The second-order valence-electron chi connectivity index (χ2n) is 3.67. The summed E-state index contributed by atoms with van der Waals surface area (Å²) in [6.45, 7) is 3.55. The molecular weight excluding hydrogens is 214 g/mol. The Balaban J connectivity index is 2.06. The Morgan fingerprint density at radius 2 is 2.13 bits per heavy atom. The number of hydrogen-bond acceptors (Lipinski definition) is 4. The maximum atomic E-state index is 5.92. The third-order valence-corrected chi connectivity index (χ3v) is 2.97. The molecule has 2 rings (SSSR count). The van der Waals surface area contributed by atoms with E-state index in [1.807, 2.05) is 6.92 Å². The molecule has 0 aromatic carbocycles. The van der Waals surface area contributed by atoms with Crippen molar-refractivity contribution in [2.45, 2.75) is 25.8 Å². The molecule has 1 aromatic heterocycles. The summed E-state index contributed by atoms with van der Waals surface area (Å²) in [4.78, 5) is 8.11. The van der Waals surface area contributed by atoms with Crippen molar-refractivity contribution >= 4 is 17.4 Å². The highest BCUT2D eigenvalue weighted by Crippen LogP contribution is 2.20. The van der Waals surface area contributed by atoms with E-state index in [4.69, 9.17) is 16.3 Å². The summed E-state index contributed by atoms with van der Waals surface area (Å²) in [7, 11) is 0. The van der Waals surface area contributed by atoms with Crippen molar-refractivity contribution < 1.29 is 4.74 Å². The monoisotopic (exact) mass is 227 g/mol. The second-order valence-corrected chi connectivity index (χ2v) is 4.03. The molecule has 0 bridgehead atoms. The minimum absolute atomic E-state index is 0.434. The maximum Gasteiger partial charge on any atom is 0.137 e. The van der Waals surface area contributed by atoms with Crippen molar-refractivity contribution in [3.8, 4) is 0 Å². The summed E-state index contributed by atoms with van der Waals surface area (Å²) in [5.74, 6) is 0.835. The summed E-state index contributed by atoms with van der Waals surface area (Å²) < 4.78 is 5.29. The smallest absolute Gasteiger partial charge is 0.137 e. The first-order chi connectivity index (χ1) is 7.27. The molecule has 5 heteroatoms. The minimum Gasteiger partial charge on any atom is -0.381 e. The lowest BCUT2D eigenvalue weighted by atomic mass is 10.1. The third-order valence-electron chi connectivity index (χ3n) is 2.58. The van der Waals surface area contributed by atoms with Crippen LogP contribution in [0.5, 0.6) is 0 Å². The standard InChI is InChI=1S/C10H14ClN3O/c1-7-9(11)12-6-13-10(7)14-8-2-4-15-5-3-8/h6,8H,2-5H2,1H3,(H,12,13,14). The topological polar surface area (TPSA) is 47.0 Å². The predicted octanol–water partition coefficient (Wildman–Crippen LogP) is 2.03. The molecule has 0 atom stereocenters. The Hall–Kier alpha value is -0.870. The van der Waals surface area contributed by atoms with Gasteiger partial charge in [-0.25, -0.2) is 9.97 Å². The van der Waals surface area contributed by atoms with Crippen molar-refractivity contribution in [1.82, 2.24) is 9.97 Å². The van der Waals surface area contributed by atoms with E-state index in [0.29, 0.717) is 11.2 Å². The highest BCUT2D eigenvalue weighted by molar-refractivity contribution is 6.30. The van der Waals surface area contributed by atoms with E-state index in [0.717, 1.165) is 37.4 Å². The zero-order chi connectivity index (χ0) is 10.7. The van der Waals surface area contributed by atoms with Gasteiger partial charge in [0.05, 0.1) is 0 Å². The number of hydrogen-bond donors (Lipinski definition) is 1. The van der Waals surface area contributed by atoms with Gasteiger partial charge in [-0.3, -0.25) is 0 Å². The van der Waals surface area contributed by atoms with Crippen LogP contribution in [0.1, 0.15) is 18.4 Å². The fourth-order valence-electron chi connectivity index (χ4n) is 1.61. The predicted molar refractivity (Wildman–Crippen MR) is 59.2 cm³/mol. The molecule has 1 fully saturated rings. The lowest BCUT2D eigenvalue weighted by Crippen LogP contribution is -2.28. The number of aromatic nitrogens is 2. The molecule has 0 aliphatic carbocycles. The van der Waals surface area contributed by atoms with Crippen molar-refractivity contribution in [2.24, 2.45) is 0 Å². The summed E-state index contributed by atoms with van der Waals surface area (Å²) in [5, 5.41) is 3.89. The molecule has 0 unspecified atom stereocenters. The number of ether oxygens (including phenoxy) is 1. The van der Waals surface area contributed by atoms with Gasteiger partial charge in [-0.1, -0.05) is 11.6 Å². The van der Waals surface area contributed by atoms with Crippen molar-refractivity contribution in [3.63, 3.8) is 0 Å². The van der Waals surface area contributed by atoms with E-state index < -0.39 is 0 Å². The molecule has 1 aliphatic heterocycles. The van der Waals surface area contributed by atoms with E-state index in [1.165, 1.54) is 6.33 Å². The van der Waals surface area contributed by atoms with Gasteiger partial charge < -0.3 is 10.1 Å². The van der Waals surface area contributed by atoms with Gasteiger partial charge in [0.25, 0.3) is 0 Å². The summed E-state index contributed by atoms with van der Waals surface area (Å²) in [5.41, 5.74) is 0.908. The fourth-order valence-corrected chi connectivity index (χ4v) is 1.74. The van der Waals surface area contributed by atoms with E-state index in [9.17, 15) is 0 Å². The van der Waals surface area contributed by atoms with Crippen LogP contribution in [0.25, 0.3) is 0 Å². The lowest BCUT2D eigenvalue weighted by molar-refractivity contribution is 0.0903. The van der Waals surface area contributed by atoms with Crippen LogP contribution in [-0.4, -0.2) is 29.2 Å². The number of nitrogens with one attached hydrogen (secondary N) is 1. The summed E-state index contributed by atoms with van der Waals surface area (Å²) >= 11 is 5.92. The van der Waals surface area contributed by atoms with Crippen LogP contribution in [0.3, 0.4) is 0 Å². The first kappa shape index (κ1) is 10.6. The lowest BCUT2D eigenvalue weighted by Gasteiger charge is -2.24. The van der Waals surface area contributed by atoms with Gasteiger partial charge in [0.1, 0.15) is 17.3 Å². The van der Waals surface area contributed by atoms with Gasteiger partial charge in [0.2, 0.25) is 0 Å². The van der Waals surface area contributed by atoms with Crippen molar-refractivity contribution in [2.75, 3.05) is 18.5 Å². The molecule has 0 radical (unpaired) electrons. The first-order valence-corrected chi connectivity index (χ1v) is 5.46. The molecule has 0 spiro atoms. The largest absolute Gasteiger partial charge is 0.381 e. The third kappa shape index (κ3) is 2.58. The molecule has 82 valence electrons. The van der Waals surface area contributed by atoms with E-state index >= 15 is 0 Å². The zero-order valence-corrected chi connectivity index (χ0v) is 9.42. The molecule has 1 aromatic rings. The van der Waals surface area contributed by atoms with Crippen LogP contribution in [-0.2, 0) is 4.74 Å². The number of anilines is 1. The van der Waals surface area contributed by atoms with Gasteiger partial charge >= 0.3 is 0 Å². The summed E-state index contributed by atoms with van der Waals surface area (Å²) in [6, 6.07) is 0.434. The molecule has 2 heterocycles. The van der Waals surface area contributed by atoms with Gasteiger partial charge in [-0.15, -0.1) is 0 Å². The highest BCUT2D eigenvalue weighted by atomic mass is 35.5. The Morgan fingerprint density at radius 3 is 2.87 bits per heavy atom.